The van der Waals surface area contributed by atoms with E-state index in [-0.39, 0.29) is 11.9 Å². The third-order valence-electron chi connectivity index (χ3n) is 5.40. The molecule has 0 bridgehead atoms. The molecular formula is C25H25N3O2. The van der Waals surface area contributed by atoms with Gasteiger partial charge in [0.25, 0.3) is 5.91 Å². The van der Waals surface area contributed by atoms with Crippen LogP contribution in [-0.4, -0.2) is 18.5 Å². The molecule has 0 atom stereocenters. The molecule has 1 aliphatic rings. The highest BCUT2D eigenvalue weighted by Gasteiger charge is 2.25. The molecule has 1 heterocycles. The summed E-state index contributed by atoms with van der Waals surface area (Å²) in [4.78, 5) is 27.1. The van der Waals surface area contributed by atoms with Crippen LogP contribution >= 0.6 is 0 Å². The van der Waals surface area contributed by atoms with Gasteiger partial charge in [0.05, 0.1) is 0 Å². The molecule has 30 heavy (non-hydrogen) atoms. The Labute approximate surface area is 176 Å². The molecule has 0 aromatic heterocycles. The van der Waals surface area contributed by atoms with Gasteiger partial charge in [0, 0.05) is 30.0 Å². The fraction of sp³-hybridized carbons (Fsp3) is 0.200. The van der Waals surface area contributed by atoms with Crippen molar-refractivity contribution in [1.82, 2.24) is 5.32 Å². The van der Waals surface area contributed by atoms with Crippen molar-refractivity contribution >= 4 is 23.3 Å². The van der Waals surface area contributed by atoms with Gasteiger partial charge in [-0.15, -0.1) is 0 Å². The molecule has 3 aromatic rings. The van der Waals surface area contributed by atoms with Gasteiger partial charge in [0.1, 0.15) is 0 Å². The van der Waals surface area contributed by atoms with Crippen molar-refractivity contribution in [2.75, 3.05) is 16.8 Å². The average Bonchev–Trinajstić information content (AvgIpc) is 3.16. The van der Waals surface area contributed by atoms with E-state index >= 15 is 0 Å². The molecule has 0 unspecified atom stereocenters. The van der Waals surface area contributed by atoms with E-state index in [1.807, 2.05) is 79.4 Å². The maximum atomic E-state index is 13.0. The number of aryl methyl sites for hydroxylation is 2. The Bertz CT molecular complexity index is 1110. The highest BCUT2D eigenvalue weighted by Crippen LogP contribution is 2.30. The molecule has 2 N–H and O–H groups in total. The number of amides is 3. The molecule has 0 aliphatic carbocycles. The Kier molecular flexibility index (Phi) is 5.53. The van der Waals surface area contributed by atoms with E-state index in [1.165, 1.54) is 0 Å². The second kappa shape index (κ2) is 8.41. The molecule has 0 saturated heterocycles. The molecule has 0 radical (unpaired) electrons. The molecule has 3 amide bonds. The van der Waals surface area contributed by atoms with Gasteiger partial charge in [-0.1, -0.05) is 48.0 Å². The number of benzene rings is 3. The Morgan fingerprint density at radius 1 is 0.967 bits per heavy atom. The molecule has 1 aliphatic heterocycles. The van der Waals surface area contributed by atoms with Crippen molar-refractivity contribution in [3.05, 3.63) is 94.5 Å². The van der Waals surface area contributed by atoms with Crippen molar-refractivity contribution in [3.63, 3.8) is 0 Å². The second-order valence-electron chi connectivity index (χ2n) is 7.66. The molecule has 0 fully saturated rings. The number of nitrogens with one attached hydrogen (secondary N) is 2. The van der Waals surface area contributed by atoms with Crippen LogP contribution in [-0.2, 0) is 13.0 Å². The van der Waals surface area contributed by atoms with Gasteiger partial charge >= 0.3 is 6.03 Å². The lowest BCUT2D eigenvalue weighted by Gasteiger charge is -2.18. The summed E-state index contributed by atoms with van der Waals surface area (Å²) in [6.07, 6.45) is 0.842. The SMILES string of the molecule is Cc1cccc(C(=O)N2CCc3ccc(CNC(=O)Nc4ccccc4C)cc32)c1. The van der Waals surface area contributed by atoms with E-state index < -0.39 is 0 Å². The molecule has 4 rings (SSSR count). The molecule has 0 saturated carbocycles. The number of para-hydroxylation sites is 1. The normalized spacial score (nSPS) is 12.4. The zero-order chi connectivity index (χ0) is 21.1. The first kappa shape index (κ1) is 19.7. The maximum absolute atomic E-state index is 13.0. The van der Waals surface area contributed by atoms with Crippen LogP contribution in [0.1, 0.15) is 32.6 Å². The van der Waals surface area contributed by atoms with Crippen LogP contribution in [0.4, 0.5) is 16.2 Å². The van der Waals surface area contributed by atoms with Crippen LogP contribution < -0.4 is 15.5 Å². The molecule has 3 aromatic carbocycles. The summed E-state index contributed by atoms with van der Waals surface area (Å²) < 4.78 is 0. The number of fused-ring (bicyclic) bond motifs is 1. The number of hydrogen-bond donors (Lipinski definition) is 2. The zero-order valence-corrected chi connectivity index (χ0v) is 17.2. The minimum absolute atomic E-state index is 0.0138. The monoisotopic (exact) mass is 399 g/mol. The molecule has 5 heteroatoms. The summed E-state index contributed by atoms with van der Waals surface area (Å²) in [7, 11) is 0. The summed E-state index contributed by atoms with van der Waals surface area (Å²) >= 11 is 0. The topological polar surface area (TPSA) is 61.4 Å². The van der Waals surface area contributed by atoms with Crippen molar-refractivity contribution in [2.24, 2.45) is 0 Å². The first-order valence-corrected chi connectivity index (χ1v) is 10.1. The second-order valence-corrected chi connectivity index (χ2v) is 7.66. The predicted molar refractivity (Wildman–Crippen MR) is 120 cm³/mol. The minimum Gasteiger partial charge on any atom is -0.334 e. The molecule has 0 spiro atoms. The largest absolute Gasteiger partial charge is 0.334 e. The van der Waals surface area contributed by atoms with E-state index in [0.29, 0.717) is 18.7 Å². The highest BCUT2D eigenvalue weighted by atomic mass is 16.2. The van der Waals surface area contributed by atoms with Crippen molar-refractivity contribution < 1.29 is 9.59 Å². The zero-order valence-electron chi connectivity index (χ0n) is 17.2. The van der Waals surface area contributed by atoms with Gasteiger partial charge in [-0.3, -0.25) is 4.79 Å². The smallest absolute Gasteiger partial charge is 0.319 e. The number of urea groups is 1. The highest BCUT2D eigenvalue weighted by molar-refractivity contribution is 6.07. The lowest BCUT2D eigenvalue weighted by molar-refractivity contribution is 0.0989. The van der Waals surface area contributed by atoms with Gasteiger partial charge in [-0.05, 0) is 61.2 Å². The third-order valence-corrected chi connectivity index (χ3v) is 5.40. The first-order chi connectivity index (χ1) is 14.5. The number of hydrogen-bond acceptors (Lipinski definition) is 2. The van der Waals surface area contributed by atoms with Gasteiger partial charge < -0.3 is 15.5 Å². The Morgan fingerprint density at radius 3 is 2.60 bits per heavy atom. The number of carbonyl (C=O) groups excluding carboxylic acids is 2. The first-order valence-electron chi connectivity index (χ1n) is 10.1. The lowest BCUT2D eigenvalue weighted by Crippen LogP contribution is -2.30. The standard InChI is InChI=1S/C25H25N3O2/c1-17-6-5-8-21(14-17)24(29)28-13-12-20-11-10-19(15-23(20)28)16-26-25(30)27-22-9-4-3-7-18(22)2/h3-11,14-15H,12-13,16H2,1-2H3,(H2,26,27,30). The molecular weight excluding hydrogens is 374 g/mol. The Hall–Kier alpha value is -3.60. The predicted octanol–water partition coefficient (Wildman–Crippen LogP) is 4.83. The van der Waals surface area contributed by atoms with Crippen molar-refractivity contribution in [3.8, 4) is 0 Å². The van der Waals surface area contributed by atoms with Gasteiger partial charge in [0.15, 0.2) is 0 Å². The average molecular weight is 399 g/mol. The number of rotatable bonds is 4. The number of carbonyl (C=O) groups is 2. The van der Waals surface area contributed by atoms with Crippen molar-refractivity contribution in [2.45, 2.75) is 26.8 Å². The van der Waals surface area contributed by atoms with E-state index in [4.69, 9.17) is 0 Å². The lowest BCUT2D eigenvalue weighted by atomic mass is 10.1. The maximum Gasteiger partial charge on any atom is 0.319 e. The fourth-order valence-corrected chi connectivity index (χ4v) is 3.74. The molecule has 152 valence electrons. The van der Waals surface area contributed by atoms with Crippen molar-refractivity contribution in [1.29, 1.82) is 0 Å². The summed E-state index contributed by atoms with van der Waals surface area (Å²) in [5.41, 5.74) is 6.61. The Balaban J connectivity index is 1.45. The van der Waals surface area contributed by atoms with Crippen LogP contribution in [0.2, 0.25) is 0 Å². The number of nitrogens with zero attached hydrogens (tertiary/aromatic N) is 1. The summed E-state index contributed by atoms with van der Waals surface area (Å²) in [6.45, 7) is 5.00. The number of anilines is 2. The summed E-state index contributed by atoms with van der Waals surface area (Å²) in [5.74, 6) is 0.0138. The van der Waals surface area contributed by atoms with E-state index in [2.05, 4.69) is 16.7 Å². The van der Waals surface area contributed by atoms with Gasteiger partial charge in [0.2, 0.25) is 0 Å². The van der Waals surface area contributed by atoms with Crippen LogP contribution in [0.25, 0.3) is 0 Å². The summed E-state index contributed by atoms with van der Waals surface area (Å²) in [5, 5.41) is 5.77. The van der Waals surface area contributed by atoms with E-state index in [1.54, 1.807) is 0 Å². The van der Waals surface area contributed by atoms with Gasteiger partial charge in [-0.2, -0.15) is 0 Å². The van der Waals surface area contributed by atoms with E-state index in [0.717, 1.165) is 40.0 Å². The summed E-state index contributed by atoms with van der Waals surface area (Å²) in [6, 6.07) is 21.1. The Morgan fingerprint density at radius 2 is 1.80 bits per heavy atom. The van der Waals surface area contributed by atoms with Crippen LogP contribution in [0.5, 0.6) is 0 Å². The van der Waals surface area contributed by atoms with Crippen LogP contribution in [0, 0.1) is 13.8 Å². The van der Waals surface area contributed by atoms with Crippen LogP contribution in [0.15, 0.2) is 66.7 Å². The van der Waals surface area contributed by atoms with E-state index in [9.17, 15) is 9.59 Å². The fourth-order valence-electron chi connectivity index (χ4n) is 3.74. The molecule has 5 nitrogen and oxygen atoms in total. The quantitative estimate of drug-likeness (QED) is 0.660. The third kappa shape index (κ3) is 4.20. The van der Waals surface area contributed by atoms with Gasteiger partial charge in [-0.25, -0.2) is 4.79 Å². The van der Waals surface area contributed by atoms with Crippen LogP contribution in [0.3, 0.4) is 0 Å². The minimum atomic E-state index is -0.252.